The van der Waals surface area contributed by atoms with Gasteiger partial charge in [0, 0.05) is 11.3 Å². The van der Waals surface area contributed by atoms with Crippen molar-refractivity contribution in [1.29, 1.82) is 0 Å². The van der Waals surface area contributed by atoms with E-state index in [0.717, 1.165) is 16.7 Å². The number of benzene rings is 4. The van der Waals surface area contributed by atoms with Gasteiger partial charge in [-0.15, -0.1) is 0 Å². The third-order valence-corrected chi connectivity index (χ3v) is 5.32. The molecule has 4 aromatic carbocycles. The fourth-order valence-electron chi connectivity index (χ4n) is 3.47. The molecule has 4 rings (SSSR count). The number of esters is 1. The lowest BCUT2D eigenvalue weighted by molar-refractivity contribution is -0.133. The lowest BCUT2D eigenvalue weighted by Gasteiger charge is -2.06. The van der Waals surface area contributed by atoms with Crippen molar-refractivity contribution < 1.29 is 19.1 Å². The summed E-state index contributed by atoms with van der Waals surface area (Å²) in [4.78, 5) is 36.6. The van der Waals surface area contributed by atoms with E-state index in [1.807, 2.05) is 60.7 Å². The Kier molecular flexibility index (Phi) is 8.54. The molecule has 0 radical (unpaired) electrons. The van der Waals surface area contributed by atoms with E-state index in [0.29, 0.717) is 17.0 Å². The van der Waals surface area contributed by atoms with Gasteiger partial charge in [0.2, 0.25) is 5.91 Å². The molecule has 0 saturated heterocycles. The molecule has 4 aromatic rings. The number of nitrogens with one attached hydrogen (secondary N) is 2. The molecule has 0 saturated carbocycles. The molecule has 0 aromatic heterocycles. The highest BCUT2D eigenvalue weighted by Crippen LogP contribution is 2.13. The molecule has 0 spiro atoms. The largest absolute Gasteiger partial charge is 0.426 e. The molecule has 0 bridgehead atoms. The third-order valence-electron chi connectivity index (χ3n) is 5.32. The van der Waals surface area contributed by atoms with Crippen molar-refractivity contribution in [3.05, 3.63) is 131 Å². The van der Waals surface area contributed by atoms with Crippen LogP contribution in [0.25, 0.3) is 0 Å². The molecular formula is C30H25N3O4. The first-order chi connectivity index (χ1) is 18.0. The van der Waals surface area contributed by atoms with Crippen molar-refractivity contribution >= 4 is 29.7 Å². The highest BCUT2D eigenvalue weighted by molar-refractivity contribution is 5.96. The molecule has 37 heavy (non-hydrogen) atoms. The van der Waals surface area contributed by atoms with E-state index in [2.05, 4.69) is 15.8 Å². The standard InChI is InChI=1S/C30H25N3O4/c34-28(19-22-7-3-1-4-8-22)32-26-15-13-25(14-16-26)30(36)33-31-21-24-11-17-27(18-12-24)37-29(35)20-23-9-5-2-6-10-23/h1-18,21H,19-20H2,(H,32,34)(H,33,36)/b31-21-. The molecule has 7 heteroatoms. The summed E-state index contributed by atoms with van der Waals surface area (Å²) < 4.78 is 5.36. The molecule has 0 unspecified atom stereocenters. The highest BCUT2D eigenvalue weighted by atomic mass is 16.5. The van der Waals surface area contributed by atoms with Crippen molar-refractivity contribution in [1.82, 2.24) is 5.43 Å². The Labute approximate surface area is 214 Å². The number of amides is 2. The zero-order chi connectivity index (χ0) is 25.9. The van der Waals surface area contributed by atoms with Gasteiger partial charge in [0.15, 0.2) is 0 Å². The third kappa shape index (κ3) is 8.00. The van der Waals surface area contributed by atoms with Gasteiger partial charge in [-0.25, -0.2) is 5.43 Å². The number of anilines is 1. The normalized spacial score (nSPS) is 10.6. The smallest absolute Gasteiger partial charge is 0.315 e. The number of hydrogen-bond donors (Lipinski definition) is 2. The molecule has 2 N–H and O–H groups in total. The number of carbonyl (C=O) groups is 3. The average Bonchev–Trinajstić information content (AvgIpc) is 2.91. The number of hydrogen-bond acceptors (Lipinski definition) is 5. The maximum Gasteiger partial charge on any atom is 0.315 e. The van der Waals surface area contributed by atoms with Crippen LogP contribution in [0.2, 0.25) is 0 Å². The van der Waals surface area contributed by atoms with Crippen LogP contribution in [-0.2, 0) is 22.4 Å². The fraction of sp³-hybridized carbons (Fsp3) is 0.0667. The van der Waals surface area contributed by atoms with Gasteiger partial charge in [-0.3, -0.25) is 14.4 Å². The van der Waals surface area contributed by atoms with E-state index >= 15 is 0 Å². The van der Waals surface area contributed by atoms with E-state index < -0.39 is 0 Å². The molecule has 7 nitrogen and oxygen atoms in total. The van der Waals surface area contributed by atoms with E-state index in [-0.39, 0.29) is 30.6 Å². The summed E-state index contributed by atoms with van der Waals surface area (Å²) in [5.74, 6) is -0.436. The minimum absolute atomic E-state index is 0.134. The Hall–Kier alpha value is -5.04. The van der Waals surface area contributed by atoms with Crippen LogP contribution in [0.3, 0.4) is 0 Å². The van der Waals surface area contributed by atoms with Crippen LogP contribution in [0.4, 0.5) is 5.69 Å². The van der Waals surface area contributed by atoms with Crippen LogP contribution in [0, 0.1) is 0 Å². The van der Waals surface area contributed by atoms with Gasteiger partial charge in [-0.2, -0.15) is 5.10 Å². The molecule has 0 aliphatic heterocycles. The Morgan fingerprint density at radius 1 is 0.703 bits per heavy atom. The van der Waals surface area contributed by atoms with Crippen molar-refractivity contribution in [3.63, 3.8) is 0 Å². The Bertz CT molecular complexity index is 1370. The molecule has 0 aliphatic carbocycles. The maximum absolute atomic E-state index is 12.4. The van der Waals surface area contributed by atoms with E-state index in [1.165, 1.54) is 6.21 Å². The van der Waals surface area contributed by atoms with Gasteiger partial charge in [0.05, 0.1) is 19.1 Å². The SMILES string of the molecule is O=C(Cc1ccccc1)Nc1ccc(C(=O)N/N=C\c2ccc(OC(=O)Cc3ccccc3)cc2)cc1. The molecule has 0 fully saturated rings. The Morgan fingerprint density at radius 2 is 1.30 bits per heavy atom. The minimum Gasteiger partial charge on any atom is -0.426 e. The molecule has 0 aliphatic rings. The van der Waals surface area contributed by atoms with Crippen LogP contribution in [0.15, 0.2) is 114 Å². The lowest BCUT2D eigenvalue weighted by atomic mass is 10.1. The van der Waals surface area contributed by atoms with Gasteiger partial charge in [-0.1, -0.05) is 60.7 Å². The summed E-state index contributed by atoms with van der Waals surface area (Å²) >= 11 is 0. The molecule has 0 atom stereocenters. The average molecular weight is 492 g/mol. The maximum atomic E-state index is 12.4. The van der Waals surface area contributed by atoms with Crippen molar-refractivity contribution in [2.75, 3.05) is 5.32 Å². The van der Waals surface area contributed by atoms with Gasteiger partial charge in [-0.05, 0) is 65.2 Å². The predicted octanol–water partition coefficient (Wildman–Crippen LogP) is 4.78. The fourth-order valence-corrected chi connectivity index (χ4v) is 3.47. The van der Waals surface area contributed by atoms with Crippen LogP contribution < -0.4 is 15.5 Å². The number of nitrogens with zero attached hydrogens (tertiary/aromatic N) is 1. The van der Waals surface area contributed by atoms with E-state index in [1.54, 1.807) is 48.5 Å². The van der Waals surface area contributed by atoms with Crippen LogP contribution in [0.5, 0.6) is 5.75 Å². The van der Waals surface area contributed by atoms with Crippen molar-refractivity contribution in [2.24, 2.45) is 5.10 Å². The summed E-state index contributed by atoms with van der Waals surface area (Å²) in [5, 5.41) is 6.80. The summed E-state index contributed by atoms with van der Waals surface area (Å²) in [6.07, 6.45) is 1.96. The minimum atomic E-state index is -0.384. The van der Waals surface area contributed by atoms with Crippen LogP contribution in [-0.4, -0.2) is 24.0 Å². The summed E-state index contributed by atoms with van der Waals surface area (Å²) in [6, 6.07) is 32.2. The van der Waals surface area contributed by atoms with Gasteiger partial charge in [0.1, 0.15) is 5.75 Å². The zero-order valence-corrected chi connectivity index (χ0v) is 20.0. The number of rotatable bonds is 9. The van der Waals surface area contributed by atoms with Gasteiger partial charge >= 0.3 is 5.97 Å². The van der Waals surface area contributed by atoms with Crippen molar-refractivity contribution in [3.8, 4) is 5.75 Å². The van der Waals surface area contributed by atoms with Gasteiger partial charge in [0.25, 0.3) is 5.91 Å². The summed E-state index contributed by atoms with van der Waals surface area (Å²) in [5.41, 5.74) is 6.01. The predicted molar refractivity (Wildman–Crippen MR) is 143 cm³/mol. The van der Waals surface area contributed by atoms with E-state index in [4.69, 9.17) is 4.74 Å². The summed E-state index contributed by atoms with van der Waals surface area (Å²) in [7, 11) is 0. The summed E-state index contributed by atoms with van der Waals surface area (Å²) in [6.45, 7) is 0. The number of ether oxygens (including phenoxy) is 1. The first-order valence-corrected chi connectivity index (χ1v) is 11.7. The first-order valence-electron chi connectivity index (χ1n) is 11.7. The lowest BCUT2D eigenvalue weighted by Crippen LogP contribution is -2.18. The van der Waals surface area contributed by atoms with Crippen molar-refractivity contribution in [2.45, 2.75) is 12.8 Å². The van der Waals surface area contributed by atoms with Crippen LogP contribution >= 0.6 is 0 Å². The Balaban J connectivity index is 1.23. The monoisotopic (exact) mass is 491 g/mol. The molecule has 184 valence electrons. The second kappa shape index (κ2) is 12.6. The topological polar surface area (TPSA) is 96.9 Å². The first kappa shape index (κ1) is 25.1. The number of carbonyl (C=O) groups excluding carboxylic acids is 3. The van der Waals surface area contributed by atoms with Crippen LogP contribution in [0.1, 0.15) is 27.0 Å². The molecule has 0 heterocycles. The molecule has 2 amide bonds. The number of hydrazone groups is 1. The van der Waals surface area contributed by atoms with E-state index in [9.17, 15) is 14.4 Å². The Morgan fingerprint density at radius 3 is 1.92 bits per heavy atom. The highest BCUT2D eigenvalue weighted by Gasteiger charge is 2.08. The molecular weight excluding hydrogens is 466 g/mol. The quantitative estimate of drug-likeness (QED) is 0.152. The second-order valence-corrected chi connectivity index (χ2v) is 8.19. The zero-order valence-electron chi connectivity index (χ0n) is 20.0. The van der Waals surface area contributed by atoms with Gasteiger partial charge < -0.3 is 10.1 Å². The second-order valence-electron chi connectivity index (χ2n) is 8.19.